The van der Waals surface area contributed by atoms with Gasteiger partial charge in [0, 0.05) is 10.2 Å². The van der Waals surface area contributed by atoms with E-state index in [1.165, 1.54) is 0 Å². The van der Waals surface area contributed by atoms with Crippen LogP contribution in [0.3, 0.4) is 0 Å². The number of benzene rings is 2. The van der Waals surface area contributed by atoms with Crippen LogP contribution in [-0.4, -0.2) is 19.2 Å². The van der Waals surface area contributed by atoms with E-state index in [4.69, 9.17) is 9.47 Å². The number of hydrogen-bond donors (Lipinski definition) is 1. The number of ether oxygens (including phenoxy) is 2. The molecule has 2 aromatic carbocycles. The standard InChI is InChI=1S/C17H14BrNO3/c1-21-15-8-11-7-14(10-3-5-12(18)6-4-10)19-17(20)13(11)9-16(15)22-2/h3-9H,1-2H3,(H,19,20). The molecule has 0 saturated heterocycles. The predicted octanol–water partition coefficient (Wildman–Crippen LogP) is 3.97. The van der Waals surface area contributed by atoms with E-state index in [9.17, 15) is 4.79 Å². The first-order valence-corrected chi connectivity index (χ1v) is 7.46. The van der Waals surface area contributed by atoms with E-state index < -0.39 is 0 Å². The molecule has 0 radical (unpaired) electrons. The second-order valence-corrected chi connectivity index (χ2v) is 5.73. The summed E-state index contributed by atoms with van der Waals surface area (Å²) in [7, 11) is 3.13. The molecule has 0 fully saturated rings. The number of nitrogens with one attached hydrogen (secondary N) is 1. The van der Waals surface area contributed by atoms with Gasteiger partial charge in [-0.2, -0.15) is 0 Å². The topological polar surface area (TPSA) is 51.3 Å². The van der Waals surface area contributed by atoms with Crippen LogP contribution in [-0.2, 0) is 0 Å². The van der Waals surface area contributed by atoms with Crippen molar-refractivity contribution < 1.29 is 9.47 Å². The van der Waals surface area contributed by atoms with Gasteiger partial charge in [-0.1, -0.05) is 28.1 Å². The third-order valence-corrected chi connectivity index (χ3v) is 4.03. The van der Waals surface area contributed by atoms with Crippen molar-refractivity contribution in [2.45, 2.75) is 0 Å². The van der Waals surface area contributed by atoms with Crippen molar-refractivity contribution in [3.05, 3.63) is 57.3 Å². The molecule has 1 N–H and O–H groups in total. The minimum Gasteiger partial charge on any atom is -0.493 e. The van der Waals surface area contributed by atoms with Crippen LogP contribution >= 0.6 is 15.9 Å². The number of pyridine rings is 1. The number of H-pyrrole nitrogens is 1. The van der Waals surface area contributed by atoms with Crippen molar-refractivity contribution in [1.82, 2.24) is 4.98 Å². The molecule has 112 valence electrons. The molecule has 0 aliphatic rings. The second kappa shape index (κ2) is 5.85. The minimum absolute atomic E-state index is 0.156. The Kier molecular flexibility index (Phi) is 3.90. The van der Waals surface area contributed by atoms with Gasteiger partial charge in [0.2, 0.25) is 0 Å². The molecule has 3 rings (SSSR count). The Bertz CT molecular complexity index is 885. The first-order valence-electron chi connectivity index (χ1n) is 6.67. The molecule has 0 saturated carbocycles. The lowest BCUT2D eigenvalue weighted by molar-refractivity contribution is 0.356. The largest absolute Gasteiger partial charge is 0.493 e. The first-order chi connectivity index (χ1) is 10.6. The van der Waals surface area contributed by atoms with E-state index in [0.29, 0.717) is 16.9 Å². The molecule has 4 nitrogen and oxygen atoms in total. The van der Waals surface area contributed by atoms with Gasteiger partial charge >= 0.3 is 0 Å². The molecule has 0 bridgehead atoms. The summed E-state index contributed by atoms with van der Waals surface area (Å²) in [6, 6.07) is 13.2. The highest BCUT2D eigenvalue weighted by atomic mass is 79.9. The average Bonchev–Trinajstić information content (AvgIpc) is 2.54. The number of aromatic nitrogens is 1. The van der Waals surface area contributed by atoms with E-state index in [-0.39, 0.29) is 5.56 Å². The molecular weight excluding hydrogens is 346 g/mol. The Balaban J connectivity index is 2.23. The van der Waals surface area contributed by atoms with Crippen LogP contribution in [0.15, 0.2) is 51.7 Å². The molecule has 0 spiro atoms. The van der Waals surface area contributed by atoms with Crippen LogP contribution < -0.4 is 15.0 Å². The van der Waals surface area contributed by atoms with Gasteiger partial charge in [0.05, 0.1) is 19.6 Å². The number of halogens is 1. The lowest BCUT2D eigenvalue weighted by Gasteiger charge is -2.10. The van der Waals surface area contributed by atoms with Crippen molar-refractivity contribution in [3.63, 3.8) is 0 Å². The second-order valence-electron chi connectivity index (χ2n) is 4.81. The summed E-state index contributed by atoms with van der Waals surface area (Å²) >= 11 is 3.40. The van der Waals surface area contributed by atoms with Crippen LogP contribution in [0.1, 0.15) is 0 Å². The molecule has 0 atom stereocenters. The summed E-state index contributed by atoms with van der Waals surface area (Å²) in [6.07, 6.45) is 0. The number of rotatable bonds is 3. The van der Waals surface area contributed by atoms with E-state index in [2.05, 4.69) is 20.9 Å². The number of aromatic amines is 1. The van der Waals surface area contributed by atoms with Gasteiger partial charge in [0.25, 0.3) is 5.56 Å². The molecule has 5 heteroatoms. The van der Waals surface area contributed by atoms with Crippen molar-refractivity contribution >= 4 is 26.7 Å². The number of fused-ring (bicyclic) bond motifs is 1. The van der Waals surface area contributed by atoms with Gasteiger partial charge in [-0.05, 0) is 41.3 Å². The average molecular weight is 360 g/mol. The number of hydrogen-bond acceptors (Lipinski definition) is 3. The summed E-state index contributed by atoms with van der Waals surface area (Å²) in [4.78, 5) is 15.3. The zero-order valence-electron chi connectivity index (χ0n) is 12.1. The minimum atomic E-state index is -0.156. The Morgan fingerprint density at radius 3 is 2.23 bits per heavy atom. The Morgan fingerprint density at radius 2 is 1.59 bits per heavy atom. The maximum absolute atomic E-state index is 12.3. The highest BCUT2D eigenvalue weighted by Gasteiger charge is 2.10. The lowest BCUT2D eigenvalue weighted by atomic mass is 10.1. The Hall–Kier alpha value is -2.27. The molecule has 22 heavy (non-hydrogen) atoms. The van der Waals surface area contributed by atoms with Crippen LogP contribution in [0.5, 0.6) is 11.5 Å². The summed E-state index contributed by atoms with van der Waals surface area (Å²) in [5.41, 5.74) is 1.55. The molecule has 3 aromatic rings. The fourth-order valence-corrected chi connectivity index (χ4v) is 2.64. The van der Waals surface area contributed by atoms with Crippen LogP contribution in [0.25, 0.3) is 22.0 Å². The molecular formula is C17H14BrNO3. The monoisotopic (exact) mass is 359 g/mol. The maximum Gasteiger partial charge on any atom is 0.256 e. The Morgan fingerprint density at radius 1 is 0.955 bits per heavy atom. The molecule has 1 heterocycles. The molecule has 0 unspecified atom stereocenters. The summed E-state index contributed by atoms with van der Waals surface area (Å²) in [6.45, 7) is 0. The van der Waals surface area contributed by atoms with Crippen molar-refractivity contribution in [2.24, 2.45) is 0 Å². The first kappa shape index (κ1) is 14.7. The molecule has 0 amide bonds. The van der Waals surface area contributed by atoms with Gasteiger partial charge < -0.3 is 14.5 Å². The van der Waals surface area contributed by atoms with Gasteiger partial charge in [-0.15, -0.1) is 0 Å². The smallest absolute Gasteiger partial charge is 0.256 e. The van der Waals surface area contributed by atoms with Crippen LogP contribution in [0.2, 0.25) is 0 Å². The van der Waals surface area contributed by atoms with E-state index in [0.717, 1.165) is 21.1 Å². The van der Waals surface area contributed by atoms with E-state index in [1.807, 2.05) is 36.4 Å². The van der Waals surface area contributed by atoms with Gasteiger partial charge in [0.1, 0.15) is 0 Å². The van der Waals surface area contributed by atoms with E-state index >= 15 is 0 Å². The molecule has 0 aliphatic heterocycles. The zero-order chi connectivity index (χ0) is 15.7. The van der Waals surface area contributed by atoms with Crippen LogP contribution in [0.4, 0.5) is 0 Å². The summed E-state index contributed by atoms with van der Waals surface area (Å²) < 4.78 is 11.5. The highest BCUT2D eigenvalue weighted by Crippen LogP contribution is 2.32. The normalized spacial score (nSPS) is 10.7. The van der Waals surface area contributed by atoms with Gasteiger partial charge in [-0.25, -0.2) is 0 Å². The van der Waals surface area contributed by atoms with E-state index in [1.54, 1.807) is 20.3 Å². The quantitative estimate of drug-likeness (QED) is 0.769. The summed E-state index contributed by atoms with van der Waals surface area (Å²) in [5, 5.41) is 1.37. The van der Waals surface area contributed by atoms with Gasteiger partial charge in [-0.3, -0.25) is 4.79 Å². The Labute approximate surface area is 135 Å². The van der Waals surface area contributed by atoms with Crippen molar-refractivity contribution in [1.29, 1.82) is 0 Å². The third kappa shape index (κ3) is 2.60. The van der Waals surface area contributed by atoms with Crippen molar-refractivity contribution in [3.8, 4) is 22.8 Å². The third-order valence-electron chi connectivity index (χ3n) is 3.50. The van der Waals surface area contributed by atoms with Crippen LogP contribution in [0, 0.1) is 0 Å². The molecule has 0 aliphatic carbocycles. The summed E-state index contributed by atoms with van der Waals surface area (Å²) in [5.74, 6) is 1.14. The van der Waals surface area contributed by atoms with Gasteiger partial charge in [0.15, 0.2) is 11.5 Å². The lowest BCUT2D eigenvalue weighted by Crippen LogP contribution is -2.07. The molecule has 1 aromatic heterocycles. The van der Waals surface area contributed by atoms with Crippen molar-refractivity contribution in [2.75, 3.05) is 14.2 Å². The zero-order valence-corrected chi connectivity index (χ0v) is 13.7. The number of methoxy groups -OCH3 is 2. The maximum atomic E-state index is 12.3. The highest BCUT2D eigenvalue weighted by molar-refractivity contribution is 9.10. The predicted molar refractivity (Wildman–Crippen MR) is 90.8 cm³/mol. The fourth-order valence-electron chi connectivity index (χ4n) is 2.38. The SMILES string of the molecule is COc1cc2cc(-c3ccc(Br)cc3)[nH]c(=O)c2cc1OC. The fraction of sp³-hybridized carbons (Fsp3) is 0.118.